The minimum atomic E-state index is -0.405. The summed E-state index contributed by atoms with van der Waals surface area (Å²) in [5, 5.41) is 5.90. The van der Waals surface area contributed by atoms with E-state index in [0.717, 1.165) is 16.8 Å². The molecule has 0 saturated heterocycles. The van der Waals surface area contributed by atoms with Crippen molar-refractivity contribution in [3.8, 4) is 0 Å². The molecule has 1 aliphatic rings. The maximum absolute atomic E-state index is 13.8. The molecule has 1 atom stereocenters. The van der Waals surface area contributed by atoms with E-state index in [-0.39, 0.29) is 17.5 Å². The quantitative estimate of drug-likeness (QED) is 0.879. The Morgan fingerprint density at radius 3 is 2.85 bits per heavy atom. The van der Waals surface area contributed by atoms with Crippen LogP contribution in [0, 0.1) is 12.7 Å². The van der Waals surface area contributed by atoms with E-state index in [1.807, 2.05) is 24.3 Å². The summed E-state index contributed by atoms with van der Waals surface area (Å²) in [4.78, 5) is 12.4. The summed E-state index contributed by atoms with van der Waals surface area (Å²) in [6.07, 6.45) is 0. The maximum atomic E-state index is 13.8. The molecular weight excluding hydrogens is 255 g/mol. The molecule has 1 unspecified atom stereocenters. The summed E-state index contributed by atoms with van der Waals surface area (Å²) in [5.41, 5.74) is 2.91. The number of carbonyl (C=O) groups is 1. The first-order valence-electron chi connectivity index (χ1n) is 6.55. The molecule has 20 heavy (non-hydrogen) atoms. The first kappa shape index (κ1) is 12.7. The molecule has 1 aliphatic heterocycles. The SMILES string of the molecule is Cc1cccc(F)c1NC(=O)C1CNc2ccccc21. The van der Waals surface area contributed by atoms with Crippen LogP contribution in [0.15, 0.2) is 42.5 Å². The highest BCUT2D eigenvalue weighted by Gasteiger charge is 2.28. The van der Waals surface area contributed by atoms with Crippen LogP contribution in [0.2, 0.25) is 0 Å². The smallest absolute Gasteiger partial charge is 0.233 e. The van der Waals surface area contributed by atoms with Crippen LogP contribution < -0.4 is 10.6 Å². The molecule has 0 aliphatic carbocycles. The number of amides is 1. The van der Waals surface area contributed by atoms with E-state index in [0.29, 0.717) is 6.54 Å². The van der Waals surface area contributed by atoms with Crippen molar-refractivity contribution in [3.63, 3.8) is 0 Å². The molecule has 0 spiro atoms. The first-order valence-corrected chi connectivity index (χ1v) is 6.55. The van der Waals surface area contributed by atoms with Gasteiger partial charge in [0.05, 0.1) is 11.6 Å². The van der Waals surface area contributed by atoms with Crippen molar-refractivity contribution in [2.24, 2.45) is 0 Å². The zero-order valence-corrected chi connectivity index (χ0v) is 11.1. The van der Waals surface area contributed by atoms with Crippen LogP contribution in [0.3, 0.4) is 0 Å². The molecule has 0 radical (unpaired) electrons. The zero-order valence-electron chi connectivity index (χ0n) is 11.1. The normalized spacial score (nSPS) is 16.4. The van der Waals surface area contributed by atoms with Gasteiger partial charge in [0.2, 0.25) is 5.91 Å². The fourth-order valence-corrected chi connectivity index (χ4v) is 2.52. The summed E-state index contributed by atoms with van der Waals surface area (Å²) in [6, 6.07) is 12.5. The largest absolute Gasteiger partial charge is 0.384 e. The second-order valence-electron chi connectivity index (χ2n) is 4.94. The summed E-state index contributed by atoms with van der Waals surface area (Å²) in [7, 11) is 0. The molecule has 2 N–H and O–H groups in total. The summed E-state index contributed by atoms with van der Waals surface area (Å²) >= 11 is 0. The third kappa shape index (κ3) is 2.13. The Kier molecular flexibility index (Phi) is 3.14. The summed E-state index contributed by atoms with van der Waals surface area (Å²) < 4.78 is 13.8. The van der Waals surface area contributed by atoms with Gasteiger partial charge < -0.3 is 10.6 Å². The van der Waals surface area contributed by atoms with Gasteiger partial charge in [0.25, 0.3) is 0 Å². The van der Waals surface area contributed by atoms with Gasteiger partial charge in [0.1, 0.15) is 5.82 Å². The lowest BCUT2D eigenvalue weighted by atomic mass is 10.0. The van der Waals surface area contributed by atoms with Gasteiger partial charge in [-0.3, -0.25) is 4.79 Å². The monoisotopic (exact) mass is 270 g/mol. The number of para-hydroxylation sites is 2. The lowest BCUT2D eigenvalue weighted by Crippen LogP contribution is -2.23. The highest BCUT2D eigenvalue weighted by atomic mass is 19.1. The Morgan fingerprint density at radius 2 is 2.05 bits per heavy atom. The molecule has 0 saturated carbocycles. The molecular formula is C16H15FN2O. The Morgan fingerprint density at radius 1 is 1.25 bits per heavy atom. The van der Waals surface area contributed by atoms with E-state index in [1.54, 1.807) is 19.1 Å². The van der Waals surface area contributed by atoms with Crippen LogP contribution in [-0.2, 0) is 4.79 Å². The number of nitrogens with one attached hydrogen (secondary N) is 2. The second-order valence-corrected chi connectivity index (χ2v) is 4.94. The van der Waals surface area contributed by atoms with Crippen LogP contribution in [0.5, 0.6) is 0 Å². The van der Waals surface area contributed by atoms with Crippen molar-refractivity contribution < 1.29 is 9.18 Å². The number of aryl methyl sites for hydroxylation is 1. The molecule has 2 aromatic carbocycles. The van der Waals surface area contributed by atoms with Gasteiger partial charge in [-0.15, -0.1) is 0 Å². The fourth-order valence-electron chi connectivity index (χ4n) is 2.52. The lowest BCUT2D eigenvalue weighted by Gasteiger charge is -2.13. The Balaban J connectivity index is 1.85. The Labute approximate surface area is 116 Å². The van der Waals surface area contributed by atoms with Gasteiger partial charge in [-0.2, -0.15) is 0 Å². The third-order valence-corrected chi connectivity index (χ3v) is 3.62. The third-order valence-electron chi connectivity index (χ3n) is 3.62. The average Bonchev–Trinajstić information content (AvgIpc) is 2.87. The number of rotatable bonds is 2. The average molecular weight is 270 g/mol. The lowest BCUT2D eigenvalue weighted by molar-refractivity contribution is -0.117. The Bertz CT molecular complexity index is 649. The highest BCUT2D eigenvalue weighted by Crippen LogP contribution is 2.32. The van der Waals surface area contributed by atoms with Crippen molar-refractivity contribution in [2.45, 2.75) is 12.8 Å². The van der Waals surface area contributed by atoms with Crippen LogP contribution >= 0.6 is 0 Å². The number of hydrogen-bond acceptors (Lipinski definition) is 2. The zero-order chi connectivity index (χ0) is 14.1. The van der Waals surface area contributed by atoms with E-state index in [9.17, 15) is 9.18 Å². The second kappa shape index (κ2) is 4.96. The van der Waals surface area contributed by atoms with Gasteiger partial charge in [0.15, 0.2) is 0 Å². The van der Waals surface area contributed by atoms with Crippen LogP contribution in [0.25, 0.3) is 0 Å². The van der Waals surface area contributed by atoms with Crippen LogP contribution in [0.1, 0.15) is 17.0 Å². The van der Waals surface area contributed by atoms with Crippen molar-refractivity contribution in [2.75, 3.05) is 17.2 Å². The Hall–Kier alpha value is -2.36. The minimum Gasteiger partial charge on any atom is -0.384 e. The first-order chi connectivity index (χ1) is 9.66. The molecule has 1 amide bonds. The predicted octanol–water partition coefficient (Wildman–Crippen LogP) is 3.28. The molecule has 3 rings (SSSR count). The van der Waals surface area contributed by atoms with Gasteiger partial charge in [-0.25, -0.2) is 4.39 Å². The molecule has 0 aromatic heterocycles. The molecule has 1 heterocycles. The fraction of sp³-hybridized carbons (Fsp3) is 0.188. The van der Waals surface area contributed by atoms with Gasteiger partial charge in [-0.1, -0.05) is 30.3 Å². The molecule has 4 heteroatoms. The molecule has 0 bridgehead atoms. The topological polar surface area (TPSA) is 41.1 Å². The van der Waals surface area contributed by atoms with Crippen molar-refractivity contribution in [1.82, 2.24) is 0 Å². The number of fused-ring (bicyclic) bond motifs is 1. The molecule has 102 valence electrons. The number of halogens is 1. The highest BCUT2D eigenvalue weighted by molar-refractivity contribution is 5.98. The van der Waals surface area contributed by atoms with Crippen LogP contribution in [-0.4, -0.2) is 12.5 Å². The van der Waals surface area contributed by atoms with Gasteiger partial charge >= 0.3 is 0 Å². The van der Waals surface area contributed by atoms with Gasteiger partial charge in [-0.05, 0) is 30.2 Å². The van der Waals surface area contributed by atoms with E-state index >= 15 is 0 Å². The van der Waals surface area contributed by atoms with E-state index in [2.05, 4.69) is 10.6 Å². The number of anilines is 2. The summed E-state index contributed by atoms with van der Waals surface area (Å²) in [6.45, 7) is 2.32. The van der Waals surface area contributed by atoms with Crippen molar-refractivity contribution >= 4 is 17.3 Å². The summed E-state index contributed by atoms with van der Waals surface area (Å²) in [5.74, 6) is -0.876. The number of benzene rings is 2. The predicted molar refractivity (Wildman–Crippen MR) is 77.4 cm³/mol. The minimum absolute atomic E-state index is 0.185. The molecule has 3 nitrogen and oxygen atoms in total. The van der Waals surface area contributed by atoms with Gasteiger partial charge in [0, 0.05) is 12.2 Å². The molecule has 2 aromatic rings. The van der Waals surface area contributed by atoms with E-state index in [4.69, 9.17) is 0 Å². The van der Waals surface area contributed by atoms with Crippen molar-refractivity contribution in [1.29, 1.82) is 0 Å². The maximum Gasteiger partial charge on any atom is 0.233 e. The number of carbonyl (C=O) groups excluding carboxylic acids is 1. The van der Waals surface area contributed by atoms with E-state index < -0.39 is 5.82 Å². The standard InChI is InChI=1S/C16H15FN2O/c1-10-5-4-7-13(17)15(10)19-16(20)12-9-18-14-8-3-2-6-11(12)14/h2-8,12,18H,9H2,1H3,(H,19,20). The van der Waals surface area contributed by atoms with Crippen LogP contribution in [0.4, 0.5) is 15.8 Å². The van der Waals surface area contributed by atoms with E-state index in [1.165, 1.54) is 6.07 Å². The number of hydrogen-bond donors (Lipinski definition) is 2. The van der Waals surface area contributed by atoms with Crippen molar-refractivity contribution in [3.05, 3.63) is 59.4 Å². The molecule has 0 fully saturated rings.